The van der Waals surface area contributed by atoms with E-state index in [-0.39, 0.29) is 17.9 Å². The number of ether oxygens (including phenoxy) is 1. The summed E-state index contributed by atoms with van der Waals surface area (Å²) >= 11 is 0. The molecule has 0 aliphatic carbocycles. The van der Waals surface area contributed by atoms with Gasteiger partial charge in [-0.2, -0.15) is 0 Å². The number of nitrogens with zero attached hydrogens (tertiary/aromatic N) is 3. The van der Waals surface area contributed by atoms with Crippen molar-refractivity contribution in [3.05, 3.63) is 5.82 Å². The summed E-state index contributed by atoms with van der Waals surface area (Å²) in [6.07, 6.45) is -0.0499. The minimum Gasteiger partial charge on any atom is -0.475 e. The van der Waals surface area contributed by atoms with E-state index < -0.39 is 5.97 Å². The number of aromatic nitrogens is 3. The van der Waals surface area contributed by atoms with Crippen LogP contribution in [0, 0.1) is 0 Å². The molecule has 14 heavy (non-hydrogen) atoms. The molecule has 1 heterocycles. The second-order valence-corrected chi connectivity index (χ2v) is 3.02. The summed E-state index contributed by atoms with van der Waals surface area (Å²) in [5, 5.41) is 16.0. The third kappa shape index (κ3) is 2.01. The molecule has 0 saturated heterocycles. The molecule has 78 valence electrons. The van der Waals surface area contributed by atoms with Gasteiger partial charge in [-0.3, -0.25) is 4.57 Å². The van der Waals surface area contributed by atoms with Gasteiger partial charge >= 0.3 is 12.0 Å². The fraction of sp³-hybridized carbons (Fsp3) is 0.625. The summed E-state index contributed by atoms with van der Waals surface area (Å²) in [4.78, 5) is 10.7. The van der Waals surface area contributed by atoms with Gasteiger partial charge in [-0.25, -0.2) is 4.79 Å². The fourth-order valence-corrected chi connectivity index (χ4v) is 1.03. The van der Waals surface area contributed by atoms with Gasteiger partial charge in [0.05, 0.1) is 6.10 Å². The van der Waals surface area contributed by atoms with Crippen LogP contribution in [0.2, 0.25) is 0 Å². The zero-order valence-corrected chi connectivity index (χ0v) is 8.39. The largest absolute Gasteiger partial charge is 0.475 e. The molecule has 0 aromatic carbocycles. The third-order valence-electron chi connectivity index (χ3n) is 1.57. The summed E-state index contributed by atoms with van der Waals surface area (Å²) in [6.45, 7) is 5.96. The number of rotatable bonds is 4. The minimum atomic E-state index is -1.10. The molecule has 0 radical (unpaired) electrons. The fourth-order valence-electron chi connectivity index (χ4n) is 1.03. The maximum Gasteiger partial charge on any atom is 0.374 e. The first-order chi connectivity index (χ1) is 6.56. The van der Waals surface area contributed by atoms with Crippen molar-refractivity contribution in [3.63, 3.8) is 0 Å². The molecule has 0 bridgehead atoms. The van der Waals surface area contributed by atoms with E-state index in [1.807, 2.05) is 20.8 Å². The zero-order chi connectivity index (χ0) is 10.7. The van der Waals surface area contributed by atoms with Gasteiger partial charge in [0, 0.05) is 6.54 Å². The highest BCUT2D eigenvalue weighted by Gasteiger charge is 2.17. The number of hydrogen-bond donors (Lipinski definition) is 1. The normalized spacial score (nSPS) is 10.6. The topological polar surface area (TPSA) is 77.2 Å². The highest BCUT2D eigenvalue weighted by molar-refractivity contribution is 5.83. The smallest absolute Gasteiger partial charge is 0.374 e. The molecule has 1 rings (SSSR count). The minimum absolute atomic E-state index is 0.0499. The standard InChI is InChI=1S/C8H13N3O3/c1-4-11-6(7(12)13)9-10-8(11)14-5(2)3/h5H,4H2,1-3H3,(H,12,13). The number of carbonyl (C=O) groups is 1. The van der Waals surface area contributed by atoms with Crippen molar-refractivity contribution in [1.82, 2.24) is 14.8 Å². The highest BCUT2D eigenvalue weighted by atomic mass is 16.5. The van der Waals surface area contributed by atoms with E-state index in [1.165, 1.54) is 4.57 Å². The lowest BCUT2D eigenvalue weighted by atomic mass is 10.5. The van der Waals surface area contributed by atoms with Gasteiger partial charge in [0.15, 0.2) is 0 Å². The lowest BCUT2D eigenvalue weighted by Crippen LogP contribution is -2.13. The van der Waals surface area contributed by atoms with Gasteiger partial charge in [0.1, 0.15) is 0 Å². The Balaban J connectivity index is 3.01. The molecule has 0 atom stereocenters. The SMILES string of the molecule is CCn1c(OC(C)C)nnc1C(=O)O. The lowest BCUT2D eigenvalue weighted by Gasteiger charge is -2.09. The van der Waals surface area contributed by atoms with Crippen molar-refractivity contribution in [2.24, 2.45) is 0 Å². The average Bonchev–Trinajstić information content (AvgIpc) is 2.46. The maximum atomic E-state index is 10.7. The number of aromatic carboxylic acids is 1. The van der Waals surface area contributed by atoms with Crippen LogP contribution in [0.1, 0.15) is 31.4 Å². The van der Waals surface area contributed by atoms with Crippen molar-refractivity contribution in [2.45, 2.75) is 33.4 Å². The molecular weight excluding hydrogens is 186 g/mol. The first kappa shape index (κ1) is 10.5. The first-order valence-corrected chi connectivity index (χ1v) is 4.39. The number of carboxylic acids is 1. The molecule has 0 amide bonds. The van der Waals surface area contributed by atoms with E-state index >= 15 is 0 Å². The van der Waals surface area contributed by atoms with Gasteiger partial charge in [-0.1, -0.05) is 5.10 Å². The summed E-state index contributed by atoms with van der Waals surface area (Å²) < 4.78 is 6.71. The van der Waals surface area contributed by atoms with Crippen LogP contribution in [0.4, 0.5) is 0 Å². The Morgan fingerprint density at radius 3 is 2.64 bits per heavy atom. The molecule has 0 unspecified atom stereocenters. The van der Waals surface area contributed by atoms with Crippen molar-refractivity contribution < 1.29 is 14.6 Å². The second-order valence-electron chi connectivity index (χ2n) is 3.02. The molecular formula is C8H13N3O3. The quantitative estimate of drug-likeness (QED) is 0.775. The van der Waals surface area contributed by atoms with Crippen LogP contribution in [0.15, 0.2) is 0 Å². The van der Waals surface area contributed by atoms with E-state index in [2.05, 4.69) is 10.2 Å². The Hall–Kier alpha value is -1.59. The van der Waals surface area contributed by atoms with Crippen LogP contribution < -0.4 is 4.74 Å². The van der Waals surface area contributed by atoms with Crippen molar-refractivity contribution in [3.8, 4) is 6.01 Å². The van der Waals surface area contributed by atoms with E-state index in [1.54, 1.807) is 0 Å². The third-order valence-corrected chi connectivity index (χ3v) is 1.57. The van der Waals surface area contributed by atoms with Gasteiger partial charge < -0.3 is 9.84 Å². The van der Waals surface area contributed by atoms with E-state index in [0.29, 0.717) is 6.54 Å². The first-order valence-electron chi connectivity index (χ1n) is 4.39. The monoisotopic (exact) mass is 199 g/mol. The maximum absolute atomic E-state index is 10.7. The molecule has 0 spiro atoms. The molecule has 6 nitrogen and oxygen atoms in total. The zero-order valence-electron chi connectivity index (χ0n) is 8.39. The van der Waals surface area contributed by atoms with Gasteiger partial charge in [0.2, 0.25) is 5.82 Å². The Bertz CT molecular complexity index is 333. The second kappa shape index (κ2) is 4.08. The van der Waals surface area contributed by atoms with Crippen LogP contribution in [-0.4, -0.2) is 31.9 Å². The summed E-state index contributed by atoms with van der Waals surface area (Å²) in [5.74, 6) is -1.19. The van der Waals surface area contributed by atoms with Crippen LogP contribution in [0.25, 0.3) is 0 Å². The van der Waals surface area contributed by atoms with Crippen molar-refractivity contribution in [2.75, 3.05) is 0 Å². The number of carboxylic acid groups (broad SMARTS) is 1. The van der Waals surface area contributed by atoms with Crippen molar-refractivity contribution >= 4 is 5.97 Å². The Labute approximate surface area is 81.5 Å². The Kier molecular flexibility index (Phi) is 3.06. The lowest BCUT2D eigenvalue weighted by molar-refractivity contribution is 0.0675. The van der Waals surface area contributed by atoms with Gasteiger partial charge in [-0.15, -0.1) is 5.10 Å². The average molecular weight is 199 g/mol. The highest BCUT2D eigenvalue weighted by Crippen LogP contribution is 2.11. The predicted octanol–water partition coefficient (Wildman–Crippen LogP) is 0.783. The van der Waals surface area contributed by atoms with Crippen LogP contribution in [0.5, 0.6) is 6.01 Å². The van der Waals surface area contributed by atoms with Crippen LogP contribution in [0.3, 0.4) is 0 Å². The van der Waals surface area contributed by atoms with E-state index in [4.69, 9.17) is 9.84 Å². The number of hydrogen-bond acceptors (Lipinski definition) is 4. The molecule has 1 N–H and O–H groups in total. The molecule has 0 aliphatic heterocycles. The molecule has 0 aliphatic rings. The summed E-state index contributed by atoms with van der Waals surface area (Å²) in [5.41, 5.74) is 0. The van der Waals surface area contributed by atoms with Gasteiger partial charge in [-0.05, 0) is 20.8 Å². The summed E-state index contributed by atoms with van der Waals surface area (Å²) in [6, 6.07) is 0.250. The molecule has 0 fully saturated rings. The molecule has 6 heteroatoms. The van der Waals surface area contributed by atoms with E-state index in [0.717, 1.165) is 0 Å². The molecule has 1 aromatic heterocycles. The van der Waals surface area contributed by atoms with Crippen LogP contribution >= 0.6 is 0 Å². The van der Waals surface area contributed by atoms with Crippen LogP contribution in [-0.2, 0) is 6.54 Å². The van der Waals surface area contributed by atoms with E-state index in [9.17, 15) is 4.79 Å². The summed E-state index contributed by atoms with van der Waals surface area (Å²) in [7, 11) is 0. The van der Waals surface area contributed by atoms with Crippen molar-refractivity contribution in [1.29, 1.82) is 0 Å². The molecule has 0 saturated carbocycles. The van der Waals surface area contributed by atoms with Gasteiger partial charge in [0.25, 0.3) is 0 Å². The Morgan fingerprint density at radius 2 is 2.21 bits per heavy atom. The molecule has 1 aromatic rings. The Morgan fingerprint density at radius 1 is 1.57 bits per heavy atom. The predicted molar refractivity (Wildman–Crippen MR) is 48.4 cm³/mol.